The molecule has 2 nitrogen and oxygen atoms in total. The van der Waals surface area contributed by atoms with Crippen LogP contribution in [0.3, 0.4) is 0 Å². The summed E-state index contributed by atoms with van der Waals surface area (Å²) in [5.74, 6) is 2.76. The fourth-order valence-corrected chi connectivity index (χ4v) is 2.38. The number of benzene rings is 1. The first-order valence-electron chi connectivity index (χ1n) is 5.04. The van der Waals surface area contributed by atoms with E-state index in [0.717, 1.165) is 18.0 Å². The maximum atomic E-state index is 12.6. The molecule has 1 fully saturated rings. The van der Waals surface area contributed by atoms with Gasteiger partial charge in [-0.2, -0.15) is 11.8 Å². The highest BCUT2D eigenvalue weighted by Crippen LogP contribution is 2.13. The van der Waals surface area contributed by atoms with E-state index in [4.69, 9.17) is 4.74 Å². The Kier molecular flexibility index (Phi) is 3.86. The summed E-state index contributed by atoms with van der Waals surface area (Å²) in [7, 11) is 0. The molecule has 1 unspecified atom stereocenters. The van der Waals surface area contributed by atoms with Crippen molar-refractivity contribution in [1.82, 2.24) is 5.32 Å². The molecular weight excluding hydrogens is 213 g/mol. The summed E-state index contributed by atoms with van der Waals surface area (Å²) in [6.45, 7) is 1.70. The molecule has 0 saturated carbocycles. The molecule has 1 N–H and O–H groups in total. The monoisotopic (exact) mass is 227 g/mol. The van der Waals surface area contributed by atoms with Crippen molar-refractivity contribution < 1.29 is 9.13 Å². The minimum Gasteiger partial charge on any atom is -0.492 e. The van der Waals surface area contributed by atoms with Gasteiger partial charge in [-0.15, -0.1) is 0 Å². The van der Waals surface area contributed by atoms with Crippen molar-refractivity contribution in [3.05, 3.63) is 30.1 Å². The molecule has 1 saturated heterocycles. The van der Waals surface area contributed by atoms with Crippen LogP contribution in [-0.4, -0.2) is 30.7 Å². The maximum Gasteiger partial charge on any atom is 0.123 e. The molecule has 0 aliphatic carbocycles. The van der Waals surface area contributed by atoms with Gasteiger partial charge in [-0.3, -0.25) is 0 Å². The Balaban J connectivity index is 1.79. The molecule has 0 spiro atoms. The summed E-state index contributed by atoms with van der Waals surface area (Å²) in [5, 5.41) is 3.38. The standard InChI is InChI=1S/C11H14FNOS/c12-9-1-3-11(4-2-9)14-7-10-8-15-6-5-13-10/h1-4,10,13H,5-8H2. The van der Waals surface area contributed by atoms with Crippen LogP contribution in [0.5, 0.6) is 5.75 Å². The second kappa shape index (κ2) is 5.37. The number of halogens is 1. The normalized spacial score (nSPS) is 21.3. The molecular formula is C11H14FNOS. The molecule has 15 heavy (non-hydrogen) atoms. The summed E-state index contributed by atoms with van der Waals surface area (Å²) in [6, 6.07) is 6.56. The van der Waals surface area contributed by atoms with Gasteiger partial charge in [0.25, 0.3) is 0 Å². The fourth-order valence-electron chi connectivity index (χ4n) is 1.45. The molecule has 0 amide bonds. The van der Waals surface area contributed by atoms with E-state index in [0.29, 0.717) is 12.6 Å². The van der Waals surface area contributed by atoms with Gasteiger partial charge in [-0.25, -0.2) is 4.39 Å². The summed E-state index contributed by atoms with van der Waals surface area (Å²) >= 11 is 1.94. The van der Waals surface area contributed by atoms with Gasteiger partial charge >= 0.3 is 0 Å². The molecule has 82 valence electrons. The molecule has 0 aromatic heterocycles. The van der Waals surface area contributed by atoms with Crippen molar-refractivity contribution in [2.75, 3.05) is 24.7 Å². The zero-order valence-electron chi connectivity index (χ0n) is 8.41. The predicted octanol–water partition coefficient (Wildman–Crippen LogP) is 1.91. The van der Waals surface area contributed by atoms with E-state index in [2.05, 4.69) is 5.32 Å². The molecule has 1 heterocycles. The zero-order valence-corrected chi connectivity index (χ0v) is 9.23. The van der Waals surface area contributed by atoms with Crippen molar-refractivity contribution in [3.8, 4) is 5.75 Å². The first kappa shape index (κ1) is 10.8. The van der Waals surface area contributed by atoms with Gasteiger partial charge in [0, 0.05) is 18.1 Å². The average molecular weight is 227 g/mol. The molecule has 1 aliphatic heterocycles. The molecule has 4 heteroatoms. The molecule has 1 atom stereocenters. The first-order chi connectivity index (χ1) is 7.34. The Morgan fingerprint density at radius 2 is 2.20 bits per heavy atom. The third-order valence-corrected chi connectivity index (χ3v) is 3.39. The summed E-state index contributed by atoms with van der Waals surface area (Å²) in [6.07, 6.45) is 0. The van der Waals surface area contributed by atoms with E-state index >= 15 is 0 Å². The van der Waals surface area contributed by atoms with E-state index in [-0.39, 0.29) is 5.82 Å². The smallest absolute Gasteiger partial charge is 0.123 e. The lowest BCUT2D eigenvalue weighted by atomic mass is 10.3. The summed E-state index contributed by atoms with van der Waals surface area (Å²) in [4.78, 5) is 0. The Labute approximate surface area is 93.2 Å². The molecule has 1 aromatic carbocycles. The van der Waals surface area contributed by atoms with Crippen LogP contribution in [0.4, 0.5) is 4.39 Å². The van der Waals surface area contributed by atoms with Crippen LogP contribution in [-0.2, 0) is 0 Å². The molecule has 0 radical (unpaired) electrons. The number of ether oxygens (including phenoxy) is 1. The lowest BCUT2D eigenvalue weighted by Crippen LogP contribution is -2.41. The van der Waals surface area contributed by atoms with Crippen LogP contribution in [0, 0.1) is 5.82 Å². The van der Waals surface area contributed by atoms with Crippen molar-refractivity contribution in [1.29, 1.82) is 0 Å². The van der Waals surface area contributed by atoms with Crippen molar-refractivity contribution in [3.63, 3.8) is 0 Å². The SMILES string of the molecule is Fc1ccc(OCC2CSCCN2)cc1. The molecule has 1 aliphatic rings. The lowest BCUT2D eigenvalue weighted by molar-refractivity contribution is 0.275. The second-order valence-electron chi connectivity index (χ2n) is 3.49. The van der Waals surface area contributed by atoms with Crippen LogP contribution in [0.1, 0.15) is 0 Å². The van der Waals surface area contributed by atoms with Crippen LogP contribution in [0.15, 0.2) is 24.3 Å². The Morgan fingerprint density at radius 3 is 2.87 bits per heavy atom. The van der Waals surface area contributed by atoms with Gasteiger partial charge in [0.2, 0.25) is 0 Å². The highest BCUT2D eigenvalue weighted by molar-refractivity contribution is 7.99. The highest BCUT2D eigenvalue weighted by atomic mass is 32.2. The molecule has 0 bridgehead atoms. The Bertz CT molecular complexity index is 298. The minimum atomic E-state index is -0.228. The third kappa shape index (κ3) is 3.39. The molecule has 2 rings (SSSR count). The maximum absolute atomic E-state index is 12.6. The van der Waals surface area contributed by atoms with E-state index in [9.17, 15) is 4.39 Å². The van der Waals surface area contributed by atoms with Gasteiger partial charge in [0.1, 0.15) is 18.2 Å². The first-order valence-corrected chi connectivity index (χ1v) is 6.19. The number of hydrogen-bond donors (Lipinski definition) is 1. The van der Waals surface area contributed by atoms with E-state index < -0.39 is 0 Å². The molecule has 1 aromatic rings. The van der Waals surface area contributed by atoms with Crippen LogP contribution in [0.2, 0.25) is 0 Å². The third-order valence-electron chi connectivity index (χ3n) is 2.26. The predicted molar refractivity (Wildman–Crippen MR) is 61.0 cm³/mol. The van der Waals surface area contributed by atoms with Gasteiger partial charge in [-0.1, -0.05) is 0 Å². The number of nitrogens with one attached hydrogen (secondary N) is 1. The number of rotatable bonds is 3. The second-order valence-corrected chi connectivity index (χ2v) is 4.64. The van der Waals surface area contributed by atoms with Crippen LogP contribution >= 0.6 is 11.8 Å². The zero-order chi connectivity index (χ0) is 10.5. The Hall–Kier alpha value is -0.740. The van der Waals surface area contributed by atoms with Crippen molar-refractivity contribution in [2.45, 2.75) is 6.04 Å². The number of hydrogen-bond acceptors (Lipinski definition) is 3. The fraction of sp³-hybridized carbons (Fsp3) is 0.455. The van der Waals surface area contributed by atoms with Gasteiger partial charge in [0.05, 0.1) is 6.04 Å². The quantitative estimate of drug-likeness (QED) is 0.852. The van der Waals surface area contributed by atoms with Crippen molar-refractivity contribution >= 4 is 11.8 Å². The topological polar surface area (TPSA) is 21.3 Å². The van der Waals surface area contributed by atoms with E-state index in [1.54, 1.807) is 12.1 Å². The van der Waals surface area contributed by atoms with Crippen LogP contribution < -0.4 is 10.1 Å². The van der Waals surface area contributed by atoms with Crippen molar-refractivity contribution in [2.24, 2.45) is 0 Å². The van der Waals surface area contributed by atoms with Gasteiger partial charge in [0.15, 0.2) is 0 Å². The van der Waals surface area contributed by atoms with E-state index in [1.165, 1.54) is 17.9 Å². The minimum absolute atomic E-state index is 0.228. The van der Waals surface area contributed by atoms with E-state index in [1.807, 2.05) is 11.8 Å². The highest BCUT2D eigenvalue weighted by Gasteiger charge is 2.13. The average Bonchev–Trinajstić information content (AvgIpc) is 2.30. The Morgan fingerprint density at radius 1 is 1.40 bits per heavy atom. The summed E-state index contributed by atoms with van der Waals surface area (Å²) < 4.78 is 18.2. The summed E-state index contributed by atoms with van der Waals surface area (Å²) in [5.41, 5.74) is 0. The largest absolute Gasteiger partial charge is 0.492 e. The number of thioether (sulfide) groups is 1. The lowest BCUT2D eigenvalue weighted by Gasteiger charge is -2.23. The van der Waals surface area contributed by atoms with Gasteiger partial charge in [-0.05, 0) is 24.3 Å². The van der Waals surface area contributed by atoms with Gasteiger partial charge < -0.3 is 10.1 Å². The van der Waals surface area contributed by atoms with Crippen LogP contribution in [0.25, 0.3) is 0 Å².